The minimum Gasteiger partial charge on any atom is -0.392 e. The third-order valence-electron chi connectivity index (χ3n) is 2.77. The Morgan fingerprint density at radius 2 is 2.17 bits per heavy atom. The molecule has 0 radical (unpaired) electrons. The first kappa shape index (κ1) is 15.0. The maximum atomic E-state index is 12.2. The molecule has 2 unspecified atom stereocenters. The zero-order valence-electron chi connectivity index (χ0n) is 10.0. The molecular weight excluding hydrogens is 278 g/mol. The third-order valence-corrected chi connectivity index (χ3v) is 5.46. The van der Waals surface area contributed by atoms with Crippen LogP contribution in [0.3, 0.4) is 0 Å². The molecule has 0 aromatic carbocycles. The Labute approximate surface area is 111 Å². The zero-order chi connectivity index (χ0) is 14.1. The van der Waals surface area contributed by atoms with Crippen molar-refractivity contribution in [2.75, 3.05) is 6.54 Å². The number of piperazine rings is 1. The second-order valence-corrected chi connectivity index (χ2v) is 6.65. The lowest BCUT2D eigenvalue weighted by Gasteiger charge is -2.33. The first-order valence-electron chi connectivity index (χ1n) is 5.35. The molecule has 1 aliphatic rings. The van der Waals surface area contributed by atoms with Gasteiger partial charge in [-0.25, -0.2) is 8.42 Å². The molecule has 1 aliphatic heterocycles. The van der Waals surface area contributed by atoms with Crippen LogP contribution in [-0.2, 0) is 19.6 Å². The van der Waals surface area contributed by atoms with Crippen molar-refractivity contribution in [2.45, 2.75) is 31.6 Å². The van der Waals surface area contributed by atoms with Crippen LogP contribution in [0, 0.1) is 0 Å². The molecule has 2 amide bonds. The van der Waals surface area contributed by atoms with Crippen molar-refractivity contribution in [3.05, 3.63) is 0 Å². The number of nitrogens with one attached hydrogen (secondary N) is 1. The number of hydrogen-bond acceptors (Lipinski definition) is 5. The molecule has 0 spiro atoms. The Balaban J connectivity index is 3.15. The summed E-state index contributed by atoms with van der Waals surface area (Å²) < 4.78 is 25.3. The summed E-state index contributed by atoms with van der Waals surface area (Å²) >= 11 is 4.66. The van der Waals surface area contributed by atoms with Crippen molar-refractivity contribution in [1.29, 1.82) is 0 Å². The molecule has 0 saturated carbocycles. The van der Waals surface area contributed by atoms with Crippen LogP contribution in [0.2, 0.25) is 0 Å². The molecule has 18 heavy (non-hydrogen) atoms. The number of sulfonamides is 1. The lowest BCUT2D eigenvalue weighted by molar-refractivity contribution is -0.137. The largest absolute Gasteiger partial charge is 0.392 e. The minimum atomic E-state index is -3.90. The van der Waals surface area contributed by atoms with E-state index < -0.39 is 33.1 Å². The molecule has 1 fully saturated rings. The predicted octanol–water partition coefficient (Wildman–Crippen LogP) is -1.27. The van der Waals surface area contributed by atoms with Crippen LogP contribution in [0.25, 0.3) is 0 Å². The van der Waals surface area contributed by atoms with E-state index in [4.69, 9.17) is 5.73 Å². The van der Waals surface area contributed by atoms with Gasteiger partial charge >= 0.3 is 0 Å². The van der Waals surface area contributed by atoms with Crippen LogP contribution in [0.15, 0.2) is 0 Å². The SMILES string of the molecule is CCC1C(=O)NC(=O)CN1S(=O)(=O)C(C)C(N)=S. The van der Waals surface area contributed by atoms with Gasteiger partial charge in [0.25, 0.3) is 0 Å². The number of thiocarbonyl (C=S) groups is 1. The third kappa shape index (κ3) is 2.68. The summed E-state index contributed by atoms with van der Waals surface area (Å²) in [6.45, 7) is 2.61. The van der Waals surface area contributed by atoms with E-state index in [0.29, 0.717) is 0 Å². The first-order valence-corrected chi connectivity index (χ1v) is 7.26. The monoisotopic (exact) mass is 293 g/mol. The molecule has 3 N–H and O–H groups in total. The van der Waals surface area contributed by atoms with E-state index in [1.807, 2.05) is 0 Å². The Bertz CT molecular complexity index is 488. The smallest absolute Gasteiger partial charge is 0.245 e. The van der Waals surface area contributed by atoms with Crippen molar-refractivity contribution in [3.8, 4) is 0 Å². The molecule has 0 aromatic rings. The average molecular weight is 293 g/mol. The van der Waals surface area contributed by atoms with E-state index in [1.165, 1.54) is 6.92 Å². The summed E-state index contributed by atoms with van der Waals surface area (Å²) in [5, 5.41) is 0.992. The van der Waals surface area contributed by atoms with Gasteiger partial charge in [0.1, 0.15) is 11.3 Å². The van der Waals surface area contributed by atoms with Crippen LogP contribution in [0.1, 0.15) is 20.3 Å². The Kier molecular flexibility index (Phi) is 4.41. The topological polar surface area (TPSA) is 110 Å². The zero-order valence-corrected chi connectivity index (χ0v) is 11.7. The summed E-state index contributed by atoms with van der Waals surface area (Å²) in [5.41, 5.74) is 5.33. The molecule has 0 bridgehead atoms. The molecule has 102 valence electrons. The highest BCUT2D eigenvalue weighted by Crippen LogP contribution is 2.18. The number of rotatable bonds is 4. The number of nitrogens with two attached hydrogens (primary N) is 1. The lowest BCUT2D eigenvalue weighted by Crippen LogP contribution is -2.61. The fourth-order valence-corrected chi connectivity index (χ4v) is 3.61. The highest BCUT2D eigenvalue weighted by atomic mass is 32.2. The summed E-state index contributed by atoms with van der Waals surface area (Å²) in [5.74, 6) is -1.27. The fraction of sp³-hybridized carbons (Fsp3) is 0.667. The van der Waals surface area contributed by atoms with Crippen molar-refractivity contribution >= 4 is 39.0 Å². The van der Waals surface area contributed by atoms with Crippen molar-refractivity contribution < 1.29 is 18.0 Å². The molecule has 7 nitrogen and oxygen atoms in total. The molecule has 1 rings (SSSR count). The Morgan fingerprint density at radius 3 is 2.61 bits per heavy atom. The number of imide groups is 1. The highest BCUT2D eigenvalue weighted by molar-refractivity contribution is 7.92. The number of amides is 2. The van der Waals surface area contributed by atoms with Crippen LogP contribution in [0.4, 0.5) is 0 Å². The van der Waals surface area contributed by atoms with Gasteiger partial charge in [-0.3, -0.25) is 14.9 Å². The number of carbonyl (C=O) groups excluding carboxylic acids is 2. The first-order chi connectivity index (χ1) is 8.21. The van der Waals surface area contributed by atoms with Crippen LogP contribution in [0.5, 0.6) is 0 Å². The number of carbonyl (C=O) groups is 2. The number of hydrogen-bond donors (Lipinski definition) is 2. The van der Waals surface area contributed by atoms with E-state index in [2.05, 4.69) is 17.5 Å². The molecular formula is C9H15N3O4S2. The second-order valence-electron chi connectivity index (χ2n) is 3.97. The van der Waals surface area contributed by atoms with E-state index in [0.717, 1.165) is 4.31 Å². The molecule has 9 heteroatoms. The molecule has 2 atom stereocenters. The number of nitrogens with zero attached hydrogens (tertiary/aromatic N) is 1. The summed E-state index contributed by atoms with van der Waals surface area (Å²) in [6.07, 6.45) is 0.266. The second kappa shape index (κ2) is 5.29. The van der Waals surface area contributed by atoms with Gasteiger partial charge in [-0.1, -0.05) is 19.1 Å². The quantitative estimate of drug-likeness (QED) is 0.494. The predicted molar refractivity (Wildman–Crippen MR) is 69.1 cm³/mol. The molecule has 0 aliphatic carbocycles. The normalized spacial score (nSPS) is 23.6. The van der Waals surface area contributed by atoms with Gasteiger partial charge in [-0.2, -0.15) is 4.31 Å². The maximum Gasteiger partial charge on any atom is 0.245 e. The lowest BCUT2D eigenvalue weighted by atomic mass is 10.2. The Hall–Kier alpha value is -1.06. The summed E-state index contributed by atoms with van der Waals surface area (Å²) in [7, 11) is -3.90. The van der Waals surface area contributed by atoms with Gasteiger partial charge in [0.2, 0.25) is 21.8 Å². The van der Waals surface area contributed by atoms with E-state index in [9.17, 15) is 18.0 Å². The van der Waals surface area contributed by atoms with Crippen LogP contribution < -0.4 is 11.1 Å². The van der Waals surface area contributed by atoms with Gasteiger partial charge < -0.3 is 5.73 Å². The van der Waals surface area contributed by atoms with E-state index in [1.54, 1.807) is 6.92 Å². The van der Waals surface area contributed by atoms with Crippen LogP contribution >= 0.6 is 12.2 Å². The average Bonchev–Trinajstić information content (AvgIpc) is 2.26. The Morgan fingerprint density at radius 1 is 1.61 bits per heavy atom. The van der Waals surface area contributed by atoms with Gasteiger partial charge in [0.15, 0.2) is 0 Å². The van der Waals surface area contributed by atoms with E-state index >= 15 is 0 Å². The highest BCUT2D eigenvalue weighted by Gasteiger charge is 2.42. The summed E-state index contributed by atoms with van der Waals surface area (Å²) in [4.78, 5) is 22.7. The molecule has 1 saturated heterocycles. The van der Waals surface area contributed by atoms with Gasteiger partial charge in [0, 0.05) is 0 Å². The van der Waals surface area contributed by atoms with E-state index in [-0.39, 0.29) is 18.0 Å². The van der Waals surface area contributed by atoms with Crippen molar-refractivity contribution in [2.24, 2.45) is 5.73 Å². The van der Waals surface area contributed by atoms with Gasteiger partial charge in [0.05, 0.1) is 11.5 Å². The van der Waals surface area contributed by atoms with Crippen molar-refractivity contribution in [1.82, 2.24) is 9.62 Å². The van der Waals surface area contributed by atoms with Gasteiger partial charge in [-0.15, -0.1) is 0 Å². The van der Waals surface area contributed by atoms with Crippen LogP contribution in [-0.4, -0.2) is 47.4 Å². The standard InChI is InChI=1S/C9H15N3O4S2/c1-3-6-9(14)11-7(13)4-12(6)18(15,16)5(2)8(10)17/h5-6H,3-4H2,1-2H3,(H2,10,17)(H,11,13,14). The minimum absolute atomic E-state index is 0.191. The summed E-state index contributed by atoms with van der Waals surface area (Å²) in [6, 6.07) is -0.899. The fourth-order valence-electron chi connectivity index (χ4n) is 1.65. The molecule has 1 heterocycles. The van der Waals surface area contributed by atoms with Gasteiger partial charge in [-0.05, 0) is 13.3 Å². The maximum absolute atomic E-state index is 12.2. The van der Waals surface area contributed by atoms with Crippen molar-refractivity contribution in [3.63, 3.8) is 0 Å². The molecule has 0 aromatic heterocycles.